The number of benzene rings is 2. The van der Waals surface area contributed by atoms with Crippen LogP contribution < -0.4 is 9.80 Å². The van der Waals surface area contributed by atoms with Crippen LogP contribution in [0.4, 0.5) is 25.0 Å². The summed E-state index contributed by atoms with van der Waals surface area (Å²) in [4.78, 5) is 44.7. The molecule has 1 unspecified atom stereocenters. The van der Waals surface area contributed by atoms with Gasteiger partial charge in [0.15, 0.2) is 11.6 Å². The topological polar surface area (TPSA) is 73.8 Å². The van der Waals surface area contributed by atoms with Gasteiger partial charge in [-0.05, 0) is 43.3 Å². The zero-order valence-corrected chi connectivity index (χ0v) is 22.5. The summed E-state index contributed by atoms with van der Waals surface area (Å²) in [7, 11) is 2.94. The Kier molecular flexibility index (Phi) is 9.74. The van der Waals surface area contributed by atoms with Crippen molar-refractivity contribution < 1.29 is 23.2 Å². The van der Waals surface area contributed by atoms with Gasteiger partial charge in [-0.25, -0.2) is 18.6 Å². The first-order valence-corrected chi connectivity index (χ1v) is 12.3. The first kappa shape index (κ1) is 29.3. The Morgan fingerprint density at radius 1 is 1.00 bits per heavy atom. The van der Waals surface area contributed by atoms with Gasteiger partial charge in [0.05, 0.1) is 0 Å². The van der Waals surface area contributed by atoms with E-state index in [4.69, 9.17) is 11.6 Å². The summed E-state index contributed by atoms with van der Waals surface area (Å²) in [5.41, 5.74) is -0.705. The van der Waals surface area contributed by atoms with Crippen molar-refractivity contribution in [3.05, 3.63) is 88.7 Å². The van der Waals surface area contributed by atoms with Crippen molar-refractivity contribution in [2.75, 3.05) is 37.0 Å². The monoisotopic (exact) mass is 552 g/mol. The summed E-state index contributed by atoms with van der Waals surface area (Å²) < 4.78 is 30.3. The first-order chi connectivity index (χ1) is 18.6. The summed E-state index contributed by atoms with van der Waals surface area (Å²) in [6, 6.07) is 13.5. The minimum atomic E-state index is -1.56. The van der Waals surface area contributed by atoms with Crippen LogP contribution in [0.1, 0.15) is 24.5 Å². The molecule has 3 rings (SSSR count). The Morgan fingerprint density at radius 3 is 2.23 bits per heavy atom. The number of hydrogen-bond acceptors (Lipinski definition) is 5. The van der Waals surface area contributed by atoms with E-state index < -0.39 is 28.9 Å². The molecule has 1 atom stereocenters. The van der Waals surface area contributed by atoms with Gasteiger partial charge in [0.2, 0.25) is 0 Å². The van der Waals surface area contributed by atoms with E-state index >= 15 is 8.78 Å². The molecule has 0 radical (unpaired) electrons. The Morgan fingerprint density at radius 2 is 1.64 bits per heavy atom. The van der Waals surface area contributed by atoms with Crippen molar-refractivity contribution in [2.24, 2.45) is 0 Å². The third kappa shape index (κ3) is 7.18. The summed E-state index contributed by atoms with van der Waals surface area (Å²) in [5.74, 6) is 3.54. The molecule has 7 nitrogen and oxygen atoms in total. The van der Waals surface area contributed by atoms with Crippen LogP contribution in [0.5, 0.6) is 0 Å². The highest BCUT2D eigenvalue weighted by Gasteiger charge is 2.38. The van der Waals surface area contributed by atoms with Crippen LogP contribution in [0.15, 0.2) is 60.8 Å². The zero-order valence-electron chi connectivity index (χ0n) is 21.7. The molecule has 1 heterocycles. The number of likely N-dealkylation sites (N-methyl/N-ethyl adjacent to an activating group) is 1. The number of urea groups is 1. The average molecular weight is 553 g/mol. The fourth-order valence-electron chi connectivity index (χ4n) is 3.87. The average Bonchev–Trinajstić information content (AvgIpc) is 2.92. The maximum atomic E-state index is 15.1. The van der Waals surface area contributed by atoms with Gasteiger partial charge in [-0.15, -0.1) is 0 Å². The fourth-order valence-corrected chi connectivity index (χ4v) is 4.04. The molecule has 0 fully saturated rings. The third-order valence-corrected chi connectivity index (χ3v) is 6.38. The molecule has 2 amide bonds. The molecule has 1 aromatic heterocycles. The van der Waals surface area contributed by atoms with Gasteiger partial charge in [0, 0.05) is 56.6 Å². The SMILES string of the molecule is CN(CCN(C(=O)N(C)c1c(F)cc(C#Cc2ccccc2)cc1F)C(C)(C=O)CC=O)c1ccnc(Cl)c1. The number of carbonyl (C=O) groups excluding carboxylic acids is 3. The summed E-state index contributed by atoms with van der Waals surface area (Å²) in [6.45, 7) is 1.58. The summed E-state index contributed by atoms with van der Waals surface area (Å²) >= 11 is 5.97. The van der Waals surface area contributed by atoms with E-state index in [1.54, 1.807) is 48.3 Å². The highest BCUT2D eigenvalue weighted by Crippen LogP contribution is 2.27. The Balaban J connectivity index is 1.90. The van der Waals surface area contributed by atoms with Crippen molar-refractivity contribution in [1.29, 1.82) is 0 Å². The van der Waals surface area contributed by atoms with E-state index in [9.17, 15) is 14.4 Å². The fraction of sp³-hybridized carbons (Fsp3) is 0.241. The predicted octanol–water partition coefficient (Wildman–Crippen LogP) is 4.95. The number of rotatable bonds is 9. The molecule has 0 aliphatic carbocycles. The molecule has 0 N–H and O–H groups in total. The van der Waals surface area contributed by atoms with E-state index in [2.05, 4.69) is 16.8 Å². The maximum Gasteiger partial charge on any atom is 0.325 e. The number of hydrogen-bond donors (Lipinski definition) is 0. The lowest BCUT2D eigenvalue weighted by Crippen LogP contribution is -2.57. The van der Waals surface area contributed by atoms with Crippen LogP contribution in [0.25, 0.3) is 0 Å². The number of aldehydes is 2. The van der Waals surface area contributed by atoms with Gasteiger partial charge in [-0.2, -0.15) is 0 Å². The number of anilines is 2. The number of nitrogens with zero attached hydrogens (tertiary/aromatic N) is 4. The highest BCUT2D eigenvalue weighted by atomic mass is 35.5. The lowest BCUT2D eigenvalue weighted by atomic mass is 9.98. The van der Waals surface area contributed by atoms with Crippen LogP contribution in [-0.2, 0) is 9.59 Å². The lowest BCUT2D eigenvalue weighted by Gasteiger charge is -2.39. The normalized spacial score (nSPS) is 11.9. The van der Waals surface area contributed by atoms with Gasteiger partial charge in [-0.1, -0.05) is 41.6 Å². The Bertz CT molecular complexity index is 1390. The molecule has 10 heteroatoms. The van der Waals surface area contributed by atoms with Gasteiger partial charge in [-0.3, -0.25) is 4.90 Å². The second-order valence-corrected chi connectivity index (χ2v) is 9.39. The number of carbonyl (C=O) groups is 3. The summed E-state index contributed by atoms with van der Waals surface area (Å²) in [5, 5.41) is 0.272. The van der Waals surface area contributed by atoms with Crippen LogP contribution >= 0.6 is 11.6 Å². The van der Waals surface area contributed by atoms with Gasteiger partial charge >= 0.3 is 6.03 Å². The maximum absolute atomic E-state index is 15.1. The molecule has 0 saturated carbocycles. The number of halogens is 3. The quantitative estimate of drug-likeness (QED) is 0.213. The van der Waals surface area contributed by atoms with Crippen LogP contribution in [0.3, 0.4) is 0 Å². The molecule has 0 aliphatic heterocycles. The third-order valence-electron chi connectivity index (χ3n) is 6.17. The second kappa shape index (κ2) is 13.0. The van der Waals surface area contributed by atoms with E-state index in [1.807, 2.05) is 6.07 Å². The van der Waals surface area contributed by atoms with Gasteiger partial charge in [0.25, 0.3) is 0 Å². The van der Waals surface area contributed by atoms with Gasteiger partial charge in [0.1, 0.15) is 29.0 Å². The standard InChI is InChI=1S/C29H27ClF2N4O3/c1-29(20-38,12-16-37)36(15-14-34(2)23-11-13-33-26(30)19-23)28(39)35(3)27-24(31)17-22(18-25(27)32)10-9-21-7-5-4-6-8-21/h4-8,11,13,16-20H,12,14-15H2,1-3H3. The molecular weight excluding hydrogens is 526 g/mol. The molecular formula is C29H27ClF2N4O3. The smallest absolute Gasteiger partial charge is 0.325 e. The lowest BCUT2D eigenvalue weighted by molar-refractivity contribution is -0.120. The molecule has 39 heavy (non-hydrogen) atoms. The van der Waals surface area contributed by atoms with Crippen LogP contribution in [0.2, 0.25) is 5.15 Å². The minimum Gasteiger partial charge on any atom is -0.373 e. The Labute approximate surface area is 231 Å². The van der Waals surface area contributed by atoms with Crippen molar-refractivity contribution in [1.82, 2.24) is 9.88 Å². The number of amides is 2. The van der Waals surface area contributed by atoms with Gasteiger partial charge < -0.3 is 19.4 Å². The zero-order chi connectivity index (χ0) is 28.6. The molecule has 0 bridgehead atoms. The van der Waals surface area contributed by atoms with Crippen LogP contribution in [0, 0.1) is 23.5 Å². The summed E-state index contributed by atoms with van der Waals surface area (Å²) in [6.07, 6.45) is 2.21. The van der Waals surface area contributed by atoms with Crippen molar-refractivity contribution in [3.63, 3.8) is 0 Å². The second-order valence-electron chi connectivity index (χ2n) is 9.00. The molecule has 202 valence electrons. The van der Waals surface area contributed by atoms with Crippen LogP contribution in [-0.4, -0.2) is 61.2 Å². The van der Waals surface area contributed by atoms with Crippen molar-refractivity contribution in [2.45, 2.75) is 18.9 Å². The van der Waals surface area contributed by atoms with E-state index in [0.717, 1.165) is 21.9 Å². The Hall–Kier alpha value is -4.29. The molecule has 0 spiro atoms. The molecule has 0 aliphatic rings. The van der Waals surface area contributed by atoms with E-state index in [1.165, 1.54) is 20.2 Å². The highest BCUT2D eigenvalue weighted by molar-refractivity contribution is 6.29. The molecule has 0 saturated heterocycles. The number of pyridine rings is 1. The molecule has 2 aromatic carbocycles. The number of aromatic nitrogens is 1. The van der Waals surface area contributed by atoms with Crippen molar-refractivity contribution >= 4 is 41.6 Å². The largest absolute Gasteiger partial charge is 0.373 e. The van der Waals surface area contributed by atoms with Crippen molar-refractivity contribution in [3.8, 4) is 11.8 Å². The van der Waals surface area contributed by atoms with E-state index in [0.29, 0.717) is 23.8 Å². The minimum absolute atomic E-state index is 0.0490. The first-order valence-electron chi connectivity index (χ1n) is 11.9. The predicted molar refractivity (Wildman–Crippen MR) is 147 cm³/mol. The molecule has 3 aromatic rings. The van der Waals surface area contributed by atoms with E-state index in [-0.39, 0.29) is 30.2 Å².